The molecule has 0 radical (unpaired) electrons. The number of hydrogen-bond acceptors (Lipinski definition) is 7. The third-order valence-electron chi connectivity index (χ3n) is 2.33. The molecule has 20 heavy (non-hydrogen) atoms. The van der Waals surface area contributed by atoms with Crippen LogP contribution >= 0.6 is 0 Å². The quantitative estimate of drug-likeness (QED) is 0.475. The highest BCUT2D eigenvalue weighted by Gasteiger charge is 2.19. The van der Waals surface area contributed by atoms with Crippen molar-refractivity contribution in [2.45, 2.75) is 6.61 Å². The molecule has 0 aliphatic heterocycles. The zero-order valence-corrected chi connectivity index (χ0v) is 9.99. The van der Waals surface area contributed by atoms with Gasteiger partial charge in [0.25, 0.3) is 5.69 Å². The fraction of sp³-hybridized carbons (Fsp3) is 0.0833. The maximum absolute atomic E-state index is 10.9. The molecule has 0 fully saturated rings. The first-order valence-electron chi connectivity index (χ1n) is 5.17. The molecular weight excluding hydrogens is 262 g/mol. The molecule has 0 amide bonds. The summed E-state index contributed by atoms with van der Waals surface area (Å²) in [7, 11) is 0. The number of nitro benzene ring substituents is 1. The Morgan fingerprint density at radius 1 is 1.30 bits per heavy atom. The van der Waals surface area contributed by atoms with Gasteiger partial charge in [-0.15, -0.1) is 0 Å². The van der Waals surface area contributed by atoms with E-state index in [0.717, 1.165) is 0 Å². The molecule has 0 spiro atoms. The molecule has 0 bridgehead atoms. The van der Waals surface area contributed by atoms with Crippen molar-refractivity contribution in [3.8, 4) is 18.2 Å². The minimum absolute atomic E-state index is 0.125. The van der Waals surface area contributed by atoms with Gasteiger partial charge in [-0.2, -0.15) is 15.8 Å². The van der Waals surface area contributed by atoms with E-state index in [2.05, 4.69) is 5.32 Å². The Bertz CT molecular complexity index is 687. The van der Waals surface area contributed by atoms with Crippen LogP contribution in [0.5, 0.6) is 0 Å². The molecule has 1 rings (SSSR count). The fourth-order valence-corrected chi connectivity index (χ4v) is 1.42. The van der Waals surface area contributed by atoms with E-state index in [1.54, 1.807) is 6.07 Å². The van der Waals surface area contributed by atoms with Crippen LogP contribution in [0.1, 0.15) is 5.56 Å². The van der Waals surface area contributed by atoms with Crippen LogP contribution < -0.4 is 5.32 Å². The molecule has 0 saturated heterocycles. The van der Waals surface area contributed by atoms with E-state index in [9.17, 15) is 15.2 Å². The van der Waals surface area contributed by atoms with Gasteiger partial charge in [0, 0.05) is 11.6 Å². The van der Waals surface area contributed by atoms with E-state index in [1.165, 1.54) is 30.3 Å². The maximum atomic E-state index is 10.9. The lowest BCUT2D eigenvalue weighted by molar-refractivity contribution is -0.384. The summed E-state index contributed by atoms with van der Waals surface area (Å²) >= 11 is 0. The average molecular weight is 269 g/mol. The molecule has 1 aromatic carbocycles. The number of anilines is 1. The number of nitrogens with zero attached hydrogens (tertiary/aromatic N) is 4. The average Bonchev–Trinajstić information content (AvgIpc) is 2.46. The number of para-hydroxylation sites is 1. The lowest BCUT2D eigenvalue weighted by atomic mass is 10.1. The van der Waals surface area contributed by atoms with Crippen molar-refractivity contribution < 1.29 is 10.0 Å². The number of aliphatic hydroxyl groups is 1. The predicted molar refractivity (Wildman–Crippen MR) is 66.5 cm³/mol. The largest absolute Gasteiger partial charge is 0.392 e. The second-order valence-corrected chi connectivity index (χ2v) is 3.44. The molecule has 0 aromatic heterocycles. The smallest absolute Gasteiger partial charge is 0.293 e. The summed E-state index contributed by atoms with van der Waals surface area (Å²) in [4.78, 5) is 10.2. The Morgan fingerprint density at radius 2 is 1.95 bits per heavy atom. The Labute approximate surface area is 113 Å². The van der Waals surface area contributed by atoms with E-state index in [0.29, 0.717) is 0 Å². The molecule has 0 unspecified atom stereocenters. The Kier molecular flexibility index (Phi) is 4.76. The molecule has 0 aliphatic rings. The molecule has 8 heteroatoms. The van der Waals surface area contributed by atoms with Gasteiger partial charge in [0.1, 0.15) is 29.6 Å². The van der Waals surface area contributed by atoms with Crippen LogP contribution in [-0.2, 0) is 6.61 Å². The topological polar surface area (TPSA) is 147 Å². The summed E-state index contributed by atoms with van der Waals surface area (Å²) in [6.07, 6.45) is 0. The SMILES string of the molecule is N#CC(C#N)=C(C#N)Nc1c(CO)cccc1[N+](=O)[O-]. The number of rotatable bonds is 4. The molecule has 1 aromatic rings. The van der Waals surface area contributed by atoms with Gasteiger partial charge < -0.3 is 10.4 Å². The maximum Gasteiger partial charge on any atom is 0.293 e. The molecule has 2 N–H and O–H groups in total. The van der Waals surface area contributed by atoms with Crippen LogP contribution in [0.2, 0.25) is 0 Å². The van der Waals surface area contributed by atoms with Crippen LogP contribution in [0.4, 0.5) is 11.4 Å². The second-order valence-electron chi connectivity index (χ2n) is 3.44. The van der Waals surface area contributed by atoms with E-state index in [4.69, 9.17) is 15.8 Å². The predicted octanol–water partition coefficient (Wildman–Crippen LogP) is 1.32. The van der Waals surface area contributed by atoms with Crippen molar-refractivity contribution >= 4 is 11.4 Å². The Balaban J connectivity index is 3.46. The molecule has 8 nitrogen and oxygen atoms in total. The van der Waals surface area contributed by atoms with Crippen LogP contribution in [0.15, 0.2) is 29.5 Å². The highest BCUT2D eigenvalue weighted by molar-refractivity contribution is 5.71. The highest BCUT2D eigenvalue weighted by atomic mass is 16.6. The third-order valence-corrected chi connectivity index (χ3v) is 2.33. The van der Waals surface area contributed by atoms with Crippen molar-refractivity contribution in [1.29, 1.82) is 15.8 Å². The van der Waals surface area contributed by atoms with Gasteiger partial charge in [-0.05, 0) is 0 Å². The first-order chi connectivity index (χ1) is 9.58. The molecule has 0 aliphatic carbocycles. The lowest BCUT2D eigenvalue weighted by Gasteiger charge is -2.09. The summed E-state index contributed by atoms with van der Waals surface area (Å²) in [6.45, 7) is -0.503. The van der Waals surface area contributed by atoms with E-state index in [-0.39, 0.29) is 16.9 Å². The van der Waals surface area contributed by atoms with Gasteiger partial charge in [-0.25, -0.2) is 0 Å². The summed E-state index contributed by atoms with van der Waals surface area (Å²) in [5, 5.41) is 48.8. The second kappa shape index (κ2) is 6.50. The van der Waals surface area contributed by atoms with Gasteiger partial charge in [0.05, 0.1) is 11.5 Å². The van der Waals surface area contributed by atoms with Gasteiger partial charge in [0.15, 0.2) is 5.57 Å². The Morgan fingerprint density at radius 3 is 2.40 bits per heavy atom. The molecule has 98 valence electrons. The third kappa shape index (κ3) is 2.88. The van der Waals surface area contributed by atoms with Crippen LogP contribution in [0.25, 0.3) is 0 Å². The van der Waals surface area contributed by atoms with Crippen LogP contribution in [-0.4, -0.2) is 10.0 Å². The zero-order chi connectivity index (χ0) is 15.1. The van der Waals surface area contributed by atoms with Crippen molar-refractivity contribution in [1.82, 2.24) is 0 Å². The number of hydrogen-bond donors (Lipinski definition) is 2. The molecule has 0 atom stereocenters. The summed E-state index contributed by atoms with van der Waals surface area (Å²) in [5.41, 5.74) is -1.25. The minimum Gasteiger partial charge on any atom is -0.392 e. The lowest BCUT2D eigenvalue weighted by Crippen LogP contribution is -2.06. The van der Waals surface area contributed by atoms with Gasteiger partial charge in [-0.3, -0.25) is 10.1 Å². The zero-order valence-electron chi connectivity index (χ0n) is 9.99. The molecule has 0 saturated carbocycles. The van der Waals surface area contributed by atoms with Crippen LogP contribution in [0, 0.1) is 44.1 Å². The number of benzene rings is 1. The van der Waals surface area contributed by atoms with E-state index >= 15 is 0 Å². The van der Waals surface area contributed by atoms with Gasteiger partial charge in [-0.1, -0.05) is 12.1 Å². The summed E-state index contributed by atoms with van der Waals surface area (Å²) in [5.74, 6) is 0. The van der Waals surface area contributed by atoms with Crippen molar-refractivity contribution in [3.05, 3.63) is 45.1 Å². The highest BCUT2D eigenvalue weighted by Crippen LogP contribution is 2.29. The number of allylic oxidation sites excluding steroid dienone is 2. The number of nitriles is 3. The normalized spacial score (nSPS) is 8.70. The molecular formula is C12H7N5O3. The number of aliphatic hydroxyl groups excluding tert-OH is 1. The first-order valence-corrected chi connectivity index (χ1v) is 5.17. The summed E-state index contributed by atoms with van der Waals surface area (Å²) in [6, 6.07) is 8.58. The van der Waals surface area contributed by atoms with Gasteiger partial charge in [0.2, 0.25) is 0 Å². The Hall–Kier alpha value is -3.41. The molecule has 0 heterocycles. The van der Waals surface area contributed by atoms with Crippen molar-refractivity contribution in [3.63, 3.8) is 0 Å². The van der Waals surface area contributed by atoms with Crippen molar-refractivity contribution in [2.24, 2.45) is 0 Å². The van der Waals surface area contributed by atoms with E-state index in [1.807, 2.05) is 0 Å². The van der Waals surface area contributed by atoms with Gasteiger partial charge >= 0.3 is 0 Å². The number of nitrogens with one attached hydrogen (secondary N) is 1. The fourth-order valence-electron chi connectivity index (χ4n) is 1.42. The van der Waals surface area contributed by atoms with Crippen molar-refractivity contribution in [2.75, 3.05) is 5.32 Å². The van der Waals surface area contributed by atoms with Crippen LogP contribution in [0.3, 0.4) is 0 Å². The number of nitro groups is 1. The minimum atomic E-state index is -0.699. The monoisotopic (exact) mass is 269 g/mol. The standard InChI is InChI=1S/C12H7N5O3/c13-4-9(5-14)10(6-15)16-12-8(7-18)2-1-3-11(12)17(19)20/h1-3,16,18H,7H2. The van der Waals surface area contributed by atoms with E-state index < -0.39 is 22.8 Å². The first kappa shape index (κ1) is 14.7. The summed E-state index contributed by atoms with van der Waals surface area (Å²) < 4.78 is 0.